The fourth-order valence-corrected chi connectivity index (χ4v) is 3.34. The first kappa shape index (κ1) is 13.9. The van der Waals surface area contributed by atoms with Crippen LogP contribution in [0.5, 0.6) is 0 Å². The van der Waals surface area contributed by atoms with Crippen molar-refractivity contribution in [2.75, 3.05) is 0 Å². The topological polar surface area (TPSA) is 33.4 Å². The molecule has 0 saturated heterocycles. The highest BCUT2D eigenvalue weighted by Gasteiger charge is 2.17. The molecule has 1 aromatic carbocycles. The standard InChI is InChI=1S/C17H19BrO2/c18-16-11-10-15(20-16)17(19)14-8-6-13(7-9-14)12-4-2-1-3-5-12/h6-12,17,19H,1-5H2. The van der Waals surface area contributed by atoms with Gasteiger partial charge in [0.15, 0.2) is 4.67 Å². The molecule has 2 aromatic rings. The lowest BCUT2D eigenvalue weighted by Gasteiger charge is -2.22. The van der Waals surface area contributed by atoms with Crippen molar-refractivity contribution in [2.24, 2.45) is 0 Å². The van der Waals surface area contributed by atoms with E-state index in [1.165, 1.54) is 37.7 Å². The van der Waals surface area contributed by atoms with Crippen molar-refractivity contribution in [3.63, 3.8) is 0 Å². The van der Waals surface area contributed by atoms with E-state index in [9.17, 15) is 5.11 Å². The summed E-state index contributed by atoms with van der Waals surface area (Å²) in [6.45, 7) is 0. The Morgan fingerprint density at radius 1 is 1.00 bits per heavy atom. The molecule has 2 nitrogen and oxygen atoms in total. The third-order valence-corrected chi connectivity index (χ3v) is 4.62. The van der Waals surface area contributed by atoms with Crippen LogP contribution in [-0.4, -0.2) is 5.11 Å². The Morgan fingerprint density at radius 3 is 2.30 bits per heavy atom. The molecule has 0 aliphatic heterocycles. The van der Waals surface area contributed by atoms with Gasteiger partial charge in [-0.05, 0) is 57.9 Å². The van der Waals surface area contributed by atoms with E-state index in [0.29, 0.717) is 16.3 Å². The van der Waals surface area contributed by atoms with Gasteiger partial charge < -0.3 is 9.52 Å². The molecular formula is C17H19BrO2. The van der Waals surface area contributed by atoms with E-state index < -0.39 is 6.10 Å². The highest BCUT2D eigenvalue weighted by atomic mass is 79.9. The largest absolute Gasteiger partial charge is 0.451 e. The molecule has 3 heteroatoms. The second kappa shape index (κ2) is 6.15. The van der Waals surface area contributed by atoms with Crippen LogP contribution in [0.25, 0.3) is 0 Å². The van der Waals surface area contributed by atoms with Crippen LogP contribution in [0.1, 0.15) is 61.0 Å². The van der Waals surface area contributed by atoms with E-state index in [4.69, 9.17) is 4.42 Å². The van der Waals surface area contributed by atoms with E-state index in [2.05, 4.69) is 28.1 Å². The fourth-order valence-electron chi connectivity index (χ4n) is 3.03. The molecule has 1 heterocycles. The lowest BCUT2D eigenvalue weighted by atomic mass is 9.84. The van der Waals surface area contributed by atoms with Crippen molar-refractivity contribution in [1.29, 1.82) is 0 Å². The van der Waals surface area contributed by atoms with Crippen molar-refractivity contribution < 1.29 is 9.52 Å². The van der Waals surface area contributed by atoms with Gasteiger partial charge in [0.05, 0.1) is 0 Å². The summed E-state index contributed by atoms with van der Waals surface area (Å²) in [5, 5.41) is 10.3. The molecular weight excluding hydrogens is 316 g/mol. The van der Waals surface area contributed by atoms with Crippen LogP contribution in [0, 0.1) is 0 Å². The van der Waals surface area contributed by atoms with Crippen LogP contribution >= 0.6 is 15.9 Å². The van der Waals surface area contributed by atoms with E-state index in [1.54, 1.807) is 12.1 Å². The predicted molar refractivity (Wildman–Crippen MR) is 82.7 cm³/mol. The van der Waals surface area contributed by atoms with Crippen LogP contribution in [0.2, 0.25) is 0 Å². The van der Waals surface area contributed by atoms with Crippen LogP contribution in [0.3, 0.4) is 0 Å². The summed E-state index contributed by atoms with van der Waals surface area (Å²) in [4.78, 5) is 0. The Hall–Kier alpha value is -1.06. The molecule has 1 fully saturated rings. The quantitative estimate of drug-likeness (QED) is 0.839. The second-order valence-corrected chi connectivity index (χ2v) is 6.33. The van der Waals surface area contributed by atoms with E-state index in [-0.39, 0.29) is 0 Å². The minimum Gasteiger partial charge on any atom is -0.451 e. The van der Waals surface area contributed by atoms with Crippen LogP contribution in [0.15, 0.2) is 45.5 Å². The molecule has 0 bridgehead atoms. The maximum atomic E-state index is 10.3. The van der Waals surface area contributed by atoms with Crippen molar-refractivity contribution in [1.82, 2.24) is 0 Å². The van der Waals surface area contributed by atoms with E-state index in [0.717, 1.165) is 5.56 Å². The highest BCUT2D eigenvalue weighted by molar-refractivity contribution is 9.10. The van der Waals surface area contributed by atoms with Gasteiger partial charge in [0.25, 0.3) is 0 Å². The Bertz CT molecular complexity index is 553. The number of halogens is 1. The van der Waals surface area contributed by atoms with Crippen molar-refractivity contribution in [3.8, 4) is 0 Å². The molecule has 3 rings (SSSR count). The normalized spacial score (nSPS) is 18.1. The highest BCUT2D eigenvalue weighted by Crippen LogP contribution is 2.33. The Balaban J connectivity index is 1.75. The van der Waals surface area contributed by atoms with Gasteiger partial charge in [-0.25, -0.2) is 0 Å². The van der Waals surface area contributed by atoms with Gasteiger partial charge in [-0.2, -0.15) is 0 Å². The molecule has 1 N–H and O–H groups in total. The molecule has 1 atom stereocenters. The number of hydrogen-bond donors (Lipinski definition) is 1. The number of rotatable bonds is 3. The fraction of sp³-hybridized carbons (Fsp3) is 0.412. The Morgan fingerprint density at radius 2 is 1.70 bits per heavy atom. The Kier molecular flexibility index (Phi) is 4.27. The third-order valence-electron chi connectivity index (χ3n) is 4.19. The van der Waals surface area contributed by atoms with Gasteiger partial charge in [-0.15, -0.1) is 0 Å². The van der Waals surface area contributed by atoms with Crippen LogP contribution in [0.4, 0.5) is 0 Å². The first-order valence-corrected chi connectivity index (χ1v) is 8.06. The summed E-state index contributed by atoms with van der Waals surface area (Å²) in [6, 6.07) is 12.0. The summed E-state index contributed by atoms with van der Waals surface area (Å²) < 4.78 is 6.06. The van der Waals surface area contributed by atoms with Gasteiger partial charge in [-0.1, -0.05) is 43.5 Å². The van der Waals surface area contributed by atoms with Gasteiger partial charge >= 0.3 is 0 Å². The zero-order valence-corrected chi connectivity index (χ0v) is 13.0. The first-order chi connectivity index (χ1) is 9.74. The summed E-state index contributed by atoms with van der Waals surface area (Å²) in [6.07, 6.45) is 5.97. The molecule has 1 aliphatic rings. The number of hydrogen-bond acceptors (Lipinski definition) is 2. The molecule has 20 heavy (non-hydrogen) atoms. The summed E-state index contributed by atoms with van der Waals surface area (Å²) in [7, 11) is 0. The maximum absolute atomic E-state index is 10.3. The summed E-state index contributed by atoms with van der Waals surface area (Å²) >= 11 is 3.26. The molecule has 0 spiro atoms. The first-order valence-electron chi connectivity index (χ1n) is 7.27. The maximum Gasteiger partial charge on any atom is 0.169 e. The monoisotopic (exact) mass is 334 g/mol. The zero-order valence-electron chi connectivity index (χ0n) is 11.4. The van der Waals surface area contributed by atoms with Gasteiger partial charge in [0, 0.05) is 0 Å². The summed E-state index contributed by atoms with van der Waals surface area (Å²) in [5.74, 6) is 1.27. The minimum absolute atomic E-state index is 0.572. The van der Waals surface area contributed by atoms with Crippen molar-refractivity contribution >= 4 is 15.9 Å². The second-order valence-electron chi connectivity index (χ2n) is 5.55. The van der Waals surface area contributed by atoms with Gasteiger partial charge in [0.2, 0.25) is 0 Å². The van der Waals surface area contributed by atoms with Crippen molar-refractivity contribution in [3.05, 3.63) is 58.0 Å². The lowest BCUT2D eigenvalue weighted by Crippen LogP contribution is -2.05. The number of furan rings is 1. The van der Waals surface area contributed by atoms with Crippen LogP contribution in [-0.2, 0) is 0 Å². The molecule has 1 aliphatic carbocycles. The predicted octanol–water partition coefficient (Wildman–Crippen LogP) is 5.17. The molecule has 0 radical (unpaired) electrons. The average Bonchev–Trinajstić information content (AvgIpc) is 2.94. The van der Waals surface area contributed by atoms with Crippen LogP contribution < -0.4 is 0 Å². The van der Waals surface area contributed by atoms with Crippen molar-refractivity contribution in [2.45, 2.75) is 44.1 Å². The number of aliphatic hydroxyl groups excluding tert-OH is 1. The number of aliphatic hydroxyl groups is 1. The zero-order chi connectivity index (χ0) is 13.9. The van der Waals surface area contributed by atoms with Gasteiger partial charge in [-0.3, -0.25) is 0 Å². The molecule has 1 saturated carbocycles. The number of benzene rings is 1. The third kappa shape index (κ3) is 2.99. The minimum atomic E-state index is -0.693. The molecule has 1 unspecified atom stereocenters. The van der Waals surface area contributed by atoms with Gasteiger partial charge in [0.1, 0.15) is 11.9 Å². The van der Waals surface area contributed by atoms with E-state index >= 15 is 0 Å². The molecule has 0 amide bonds. The summed E-state index contributed by atoms with van der Waals surface area (Å²) in [5.41, 5.74) is 2.28. The molecule has 1 aromatic heterocycles. The lowest BCUT2D eigenvalue weighted by molar-refractivity contribution is 0.187. The SMILES string of the molecule is OC(c1ccc(C2CCCCC2)cc1)c1ccc(Br)o1. The molecule has 106 valence electrons. The smallest absolute Gasteiger partial charge is 0.169 e. The average molecular weight is 335 g/mol. The van der Waals surface area contributed by atoms with E-state index in [1.807, 2.05) is 12.1 Å². The Labute approximate surface area is 127 Å².